The van der Waals surface area contributed by atoms with E-state index in [1.165, 1.54) is 5.56 Å². The van der Waals surface area contributed by atoms with Gasteiger partial charge < -0.3 is 0 Å². The van der Waals surface area contributed by atoms with E-state index in [4.69, 9.17) is 17.2 Å². The van der Waals surface area contributed by atoms with Gasteiger partial charge in [-0.05, 0) is 12.8 Å². The Balaban J connectivity index is 2.37. The van der Waals surface area contributed by atoms with Crippen LogP contribution in [0.15, 0.2) is 35.3 Å². The molecule has 1 aliphatic rings. The zero-order chi connectivity index (χ0) is 11.8. The summed E-state index contributed by atoms with van der Waals surface area (Å²) in [4.78, 5) is 4.81. The summed E-state index contributed by atoms with van der Waals surface area (Å²) in [7, 11) is 0. The number of nitrogens with zero attached hydrogens (tertiary/aromatic N) is 1. The Morgan fingerprint density at radius 1 is 1.25 bits per heavy atom. The van der Waals surface area contributed by atoms with Gasteiger partial charge in [0, 0.05) is 5.56 Å². The van der Waals surface area contributed by atoms with Crippen LogP contribution in [0, 0.1) is 5.92 Å². The molecule has 1 heterocycles. The fourth-order valence-electron chi connectivity index (χ4n) is 1.54. The number of hydrogen-bond acceptors (Lipinski definition) is 3. The summed E-state index contributed by atoms with van der Waals surface area (Å²) in [6, 6.07) is 10.3. The molecule has 0 saturated heterocycles. The van der Waals surface area contributed by atoms with Gasteiger partial charge in [-0.3, -0.25) is 4.99 Å². The van der Waals surface area contributed by atoms with Gasteiger partial charge in [0.05, 0.1) is 4.20 Å². The van der Waals surface area contributed by atoms with Gasteiger partial charge in [0.25, 0.3) is 0 Å². The first-order valence-corrected chi connectivity index (χ1v) is 6.64. The minimum atomic E-state index is -0.189. The van der Waals surface area contributed by atoms with Crippen LogP contribution in [0.25, 0.3) is 0 Å². The van der Waals surface area contributed by atoms with E-state index in [0.717, 1.165) is 9.24 Å². The van der Waals surface area contributed by atoms with Crippen molar-refractivity contribution in [3.63, 3.8) is 0 Å². The summed E-state index contributed by atoms with van der Waals surface area (Å²) in [6.45, 7) is 6.47. The second-order valence-corrected chi connectivity index (χ2v) is 6.14. The highest BCUT2D eigenvalue weighted by atomic mass is 32.2. The number of benzene rings is 1. The largest absolute Gasteiger partial charge is 0.265 e. The fraction of sp³-hybridized carbons (Fsp3) is 0.385. The third kappa shape index (κ3) is 1.94. The zero-order valence-electron chi connectivity index (χ0n) is 9.73. The number of thioether (sulfide) groups is 1. The minimum Gasteiger partial charge on any atom is -0.265 e. The van der Waals surface area contributed by atoms with E-state index in [1.54, 1.807) is 11.8 Å². The fourth-order valence-corrected chi connectivity index (χ4v) is 3.21. The molecular weight excluding hydrogens is 234 g/mol. The highest BCUT2D eigenvalue weighted by Crippen LogP contribution is 2.38. The highest BCUT2D eigenvalue weighted by Gasteiger charge is 2.39. The Hall–Kier alpha value is -0.670. The van der Waals surface area contributed by atoms with Crippen molar-refractivity contribution < 1.29 is 0 Å². The number of thiocarbonyl (C=S) groups is 1. The van der Waals surface area contributed by atoms with E-state index < -0.39 is 0 Å². The summed E-state index contributed by atoms with van der Waals surface area (Å²) in [6.07, 6.45) is 0. The van der Waals surface area contributed by atoms with Crippen molar-refractivity contribution in [2.45, 2.75) is 26.3 Å². The Morgan fingerprint density at radius 3 is 2.38 bits per heavy atom. The molecular formula is C13H15NS2. The Bertz CT molecular complexity index is 437. The van der Waals surface area contributed by atoms with Crippen LogP contribution < -0.4 is 0 Å². The minimum absolute atomic E-state index is 0.189. The van der Waals surface area contributed by atoms with Crippen molar-refractivity contribution in [3.05, 3.63) is 35.9 Å². The molecule has 1 aliphatic heterocycles. The van der Waals surface area contributed by atoms with Crippen LogP contribution in [-0.2, 0) is 0 Å². The summed E-state index contributed by atoms with van der Waals surface area (Å²) in [5.41, 5.74) is 0.977. The van der Waals surface area contributed by atoms with Gasteiger partial charge >= 0.3 is 0 Å². The number of aliphatic imine (C=N–C) groups is 1. The van der Waals surface area contributed by atoms with E-state index in [2.05, 4.69) is 32.9 Å². The van der Waals surface area contributed by atoms with Gasteiger partial charge in [-0.2, -0.15) is 0 Å². The van der Waals surface area contributed by atoms with E-state index in [-0.39, 0.29) is 5.54 Å². The maximum absolute atomic E-state index is 5.46. The van der Waals surface area contributed by atoms with Crippen molar-refractivity contribution in [1.82, 2.24) is 0 Å². The lowest BCUT2D eigenvalue weighted by molar-refractivity contribution is 0.464. The van der Waals surface area contributed by atoms with Crippen LogP contribution in [0.4, 0.5) is 0 Å². The third-order valence-corrected chi connectivity index (χ3v) is 4.86. The number of hydrogen-bond donors (Lipinski definition) is 0. The van der Waals surface area contributed by atoms with E-state index in [0.29, 0.717) is 5.92 Å². The molecule has 0 radical (unpaired) electrons. The van der Waals surface area contributed by atoms with Crippen LogP contribution in [0.3, 0.4) is 0 Å². The maximum atomic E-state index is 5.46. The number of rotatable bonds is 2. The third-order valence-electron chi connectivity index (χ3n) is 3.08. The standard InChI is InChI=1S/C13H15NS2/c1-9(2)13(3)12(15)16-11(14-13)10-7-5-4-6-8-10/h4-9H,1-3H3. The van der Waals surface area contributed by atoms with Gasteiger partial charge in [0.15, 0.2) is 0 Å². The van der Waals surface area contributed by atoms with Crippen LogP contribution in [-0.4, -0.2) is 14.8 Å². The lowest BCUT2D eigenvalue weighted by Gasteiger charge is -2.24. The molecule has 0 amide bonds. The van der Waals surface area contributed by atoms with Crippen molar-refractivity contribution >= 4 is 33.2 Å². The average molecular weight is 249 g/mol. The van der Waals surface area contributed by atoms with E-state index in [9.17, 15) is 0 Å². The van der Waals surface area contributed by atoms with Crippen LogP contribution >= 0.6 is 24.0 Å². The Morgan fingerprint density at radius 2 is 1.88 bits per heavy atom. The molecule has 2 rings (SSSR count). The molecule has 0 aliphatic carbocycles. The Labute approximate surface area is 106 Å². The van der Waals surface area contributed by atoms with Gasteiger partial charge in [-0.1, -0.05) is 68.2 Å². The second-order valence-electron chi connectivity index (χ2n) is 4.47. The predicted molar refractivity (Wildman–Crippen MR) is 76.4 cm³/mol. The van der Waals surface area contributed by atoms with E-state index >= 15 is 0 Å². The first-order valence-electron chi connectivity index (χ1n) is 5.41. The van der Waals surface area contributed by atoms with Crippen molar-refractivity contribution in [3.8, 4) is 0 Å². The second kappa shape index (κ2) is 4.30. The lowest BCUT2D eigenvalue weighted by Crippen LogP contribution is -2.32. The lowest BCUT2D eigenvalue weighted by atomic mass is 9.91. The van der Waals surface area contributed by atoms with Crippen LogP contribution in [0.5, 0.6) is 0 Å². The summed E-state index contributed by atoms with van der Waals surface area (Å²) >= 11 is 7.09. The van der Waals surface area contributed by atoms with E-state index in [1.807, 2.05) is 18.2 Å². The molecule has 1 unspecified atom stereocenters. The zero-order valence-corrected chi connectivity index (χ0v) is 11.4. The average Bonchev–Trinajstić information content (AvgIpc) is 2.58. The molecule has 0 saturated carbocycles. The quantitative estimate of drug-likeness (QED) is 0.736. The molecule has 0 spiro atoms. The molecule has 0 fully saturated rings. The molecule has 84 valence electrons. The van der Waals surface area contributed by atoms with Gasteiger partial charge in [-0.25, -0.2) is 0 Å². The topological polar surface area (TPSA) is 12.4 Å². The molecule has 0 N–H and O–H groups in total. The van der Waals surface area contributed by atoms with Gasteiger partial charge in [0.1, 0.15) is 10.6 Å². The van der Waals surface area contributed by atoms with Crippen molar-refractivity contribution in [1.29, 1.82) is 0 Å². The van der Waals surface area contributed by atoms with Crippen molar-refractivity contribution in [2.75, 3.05) is 0 Å². The molecule has 1 aromatic carbocycles. The summed E-state index contributed by atoms with van der Waals surface area (Å²) in [5, 5.41) is 1.06. The van der Waals surface area contributed by atoms with Gasteiger partial charge in [-0.15, -0.1) is 0 Å². The monoisotopic (exact) mass is 249 g/mol. The van der Waals surface area contributed by atoms with Crippen LogP contribution in [0.2, 0.25) is 0 Å². The Kier molecular flexibility index (Phi) is 3.17. The van der Waals surface area contributed by atoms with Crippen molar-refractivity contribution in [2.24, 2.45) is 10.9 Å². The SMILES string of the molecule is CC(C)C1(C)N=C(c2ccccc2)SC1=S. The van der Waals surface area contributed by atoms with Crippen LogP contribution in [0.1, 0.15) is 26.3 Å². The molecule has 0 bridgehead atoms. The smallest absolute Gasteiger partial charge is 0.104 e. The first kappa shape index (κ1) is 11.8. The molecule has 1 aromatic rings. The predicted octanol–water partition coefficient (Wildman–Crippen LogP) is 3.92. The molecule has 1 atom stereocenters. The van der Waals surface area contributed by atoms with Gasteiger partial charge in [0.2, 0.25) is 0 Å². The first-order chi connectivity index (χ1) is 7.54. The highest BCUT2D eigenvalue weighted by molar-refractivity contribution is 8.34. The molecule has 0 aromatic heterocycles. The molecule has 1 nitrogen and oxygen atoms in total. The summed E-state index contributed by atoms with van der Waals surface area (Å²) < 4.78 is 0.987. The maximum Gasteiger partial charge on any atom is 0.104 e. The molecule has 3 heteroatoms. The molecule has 16 heavy (non-hydrogen) atoms. The summed E-state index contributed by atoms with van der Waals surface area (Å²) in [5.74, 6) is 0.439. The normalized spacial score (nSPS) is 25.0.